The summed E-state index contributed by atoms with van der Waals surface area (Å²) in [5.41, 5.74) is -1.11. The van der Waals surface area contributed by atoms with Gasteiger partial charge in [-0.05, 0) is 6.42 Å². The summed E-state index contributed by atoms with van der Waals surface area (Å²) in [4.78, 5) is 10.4. The third kappa shape index (κ3) is 2.14. The Morgan fingerprint density at radius 3 is 2.10 bits per heavy atom. The molecule has 0 heterocycles. The van der Waals surface area contributed by atoms with Crippen molar-refractivity contribution in [3.63, 3.8) is 0 Å². The molecule has 3 nitrogen and oxygen atoms in total. The van der Waals surface area contributed by atoms with Crippen LogP contribution in [0.3, 0.4) is 0 Å². The number of rotatable bonds is 4. The van der Waals surface area contributed by atoms with Gasteiger partial charge in [-0.15, -0.1) is 0 Å². The molecule has 0 rings (SSSR count). The van der Waals surface area contributed by atoms with E-state index in [1.54, 1.807) is 6.92 Å². The van der Waals surface area contributed by atoms with Crippen molar-refractivity contribution >= 4 is 12.9 Å². The summed E-state index contributed by atoms with van der Waals surface area (Å²) in [7, 11) is -2.86. The van der Waals surface area contributed by atoms with E-state index in [9.17, 15) is 9.36 Å². The second-order valence-corrected chi connectivity index (χ2v) is 5.45. The molecule has 0 aliphatic heterocycles. The standard InChI is InChI=1S/C6H13O3P/c1-3-5-10(9,4-2)6(7)8/h3-5H2,1-2H3,(H,7,8). The van der Waals surface area contributed by atoms with Crippen LogP contribution in [0, 0.1) is 0 Å². The molecule has 0 fully saturated rings. The van der Waals surface area contributed by atoms with Gasteiger partial charge >= 0.3 is 5.71 Å². The molecule has 1 unspecified atom stereocenters. The summed E-state index contributed by atoms with van der Waals surface area (Å²) in [5.74, 6) is 0. The van der Waals surface area contributed by atoms with Gasteiger partial charge in [0.05, 0.1) is 0 Å². The summed E-state index contributed by atoms with van der Waals surface area (Å²) in [5, 5.41) is 8.50. The normalized spacial score (nSPS) is 16.2. The lowest BCUT2D eigenvalue weighted by atomic mass is 10.6. The highest BCUT2D eigenvalue weighted by molar-refractivity contribution is 7.79. The molecule has 0 aromatic heterocycles. The predicted molar refractivity (Wildman–Crippen MR) is 41.3 cm³/mol. The Morgan fingerprint density at radius 1 is 1.50 bits per heavy atom. The van der Waals surface area contributed by atoms with E-state index in [1.165, 1.54) is 0 Å². The molecule has 0 spiro atoms. The molecule has 0 saturated carbocycles. The van der Waals surface area contributed by atoms with Crippen molar-refractivity contribution in [2.45, 2.75) is 20.3 Å². The van der Waals surface area contributed by atoms with Crippen LogP contribution in [0.25, 0.3) is 0 Å². The van der Waals surface area contributed by atoms with Gasteiger partial charge in [0, 0.05) is 12.3 Å². The van der Waals surface area contributed by atoms with Crippen LogP contribution < -0.4 is 0 Å². The fraction of sp³-hybridized carbons (Fsp3) is 0.833. The minimum atomic E-state index is -2.86. The zero-order valence-electron chi connectivity index (χ0n) is 6.33. The predicted octanol–water partition coefficient (Wildman–Crippen LogP) is 2.46. The van der Waals surface area contributed by atoms with Gasteiger partial charge in [-0.3, -0.25) is 0 Å². The Bertz CT molecular complexity index is 164. The largest absolute Gasteiger partial charge is 0.476 e. The Labute approximate surface area is 60.8 Å². The van der Waals surface area contributed by atoms with E-state index in [0.717, 1.165) is 0 Å². The molecule has 0 bridgehead atoms. The third-order valence-electron chi connectivity index (χ3n) is 1.44. The number of hydrogen-bond acceptors (Lipinski definition) is 2. The maximum Gasteiger partial charge on any atom is 0.361 e. The van der Waals surface area contributed by atoms with Crippen LogP contribution in [0.15, 0.2) is 0 Å². The van der Waals surface area contributed by atoms with E-state index >= 15 is 0 Å². The molecule has 4 heteroatoms. The minimum Gasteiger partial charge on any atom is -0.476 e. The van der Waals surface area contributed by atoms with Crippen LogP contribution >= 0.6 is 7.14 Å². The van der Waals surface area contributed by atoms with Gasteiger partial charge in [0.15, 0.2) is 7.14 Å². The first kappa shape index (κ1) is 9.70. The van der Waals surface area contributed by atoms with E-state index in [1.807, 2.05) is 6.92 Å². The lowest BCUT2D eigenvalue weighted by Crippen LogP contribution is -2.01. The smallest absolute Gasteiger partial charge is 0.361 e. The summed E-state index contributed by atoms with van der Waals surface area (Å²) < 4.78 is 11.3. The van der Waals surface area contributed by atoms with E-state index in [0.29, 0.717) is 12.6 Å². The molecule has 10 heavy (non-hydrogen) atoms. The minimum absolute atomic E-state index is 0.274. The van der Waals surface area contributed by atoms with Crippen molar-refractivity contribution in [3.05, 3.63) is 0 Å². The molecule has 0 aliphatic carbocycles. The van der Waals surface area contributed by atoms with Gasteiger partial charge in [0.25, 0.3) is 0 Å². The van der Waals surface area contributed by atoms with Crippen molar-refractivity contribution in [2.24, 2.45) is 0 Å². The third-order valence-corrected chi connectivity index (χ3v) is 4.33. The fourth-order valence-corrected chi connectivity index (χ4v) is 2.25. The van der Waals surface area contributed by atoms with Crippen molar-refractivity contribution in [2.75, 3.05) is 12.3 Å². The highest BCUT2D eigenvalue weighted by Crippen LogP contribution is 2.45. The lowest BCUT2D eigenvalue weighted by molar-refractivity contribution is 0.219. The lowest BCUT2D eigenvalue weighted by Gasteiger charge is -2.07. The molecule has 0 radical (unpaired) electrons. The van der Waals surface area contributed by atoms with Crippen LogP contribution in [0.1, 0.15) is 20.3 Å². The average molecular weight is 164 g/mol. The topological polar surface area (TPSA) is 54.4 Å². The first-order valence-electron chi connectivity index (χ1n) is 3.38. The number of carbonyl (C=O) groups is 1. The van der Waals surface area contributed by atoms with Crippen molar-refractivity contribution < 1.29 is 14.5 Å². The van der Waals surface area contributed by atoms with Gasteiger partial charge in [-0.25, -0.2) is 4.79 Å². The molecule has 0 aromatic rings. The Kier molecular flexibility index (Phi) is 3.66. The highest BCUT2D eigenvalue weighted by Gasteiger charge is 2.27. The molecule has 1 atom stereocenters. The van der Waals surface area contributed by atoms with Crippen LogP contribution in [0.5, 0.6) is 0 Å². The Morgan fingerprint density at radius 2 is 2.00 bits per heavy atom. The molecule has 0 aromatic carbocycles. The summed E-state index contributed by atoms with van der Waals surface area (Å²) in [6.45, 7) is 3.50. The maximum absolute atomic E-state index is 11.3. The van der Waals surface area contributed by atoms with Crippen molar-refractivity contribution in [3.8, 4) is 0 Å². The van der Waals surface area contributed by atoms with Gasteiger partial charge in [0.1, 0.15) is 0 Å². The Balaban J connectivity index is 4.25. The first-order chi connectivity index (χ1) is 4.56. The molecule has 60 valence electrons. The molecular weight excluding hydrogens is 151 g/mol. The van der Waals surface area contributed by atoms with E-state index in [2.05, 4.69) is 0 Å². The molecule has 0 amide bonds. The summed E-state index contributed by atoms with van der Waals surface area (Å²) in [6, 6.07) is 0. The van der Waals surface area contributed by atoms with Gasteiger partial charge < -0.3 is 9.67 Å². The monoisotopic (exact) mass is 164 g/mol. The van der Waals surface area contributed by atoms with Gasteiger partial charge in [-0.2, -0.15) is 0 Å². The zero-order valence-corrected chi connectivity index (χ0v) is 7.23. The SMILES string of the molecule is CCCP(=O)(CC)C(=O)O. The van der Waals surface area contributed by atoms with E-state index in [-0.39, 0.29) is 6.16 Å². The first-order valence-corrected chi connectivity index (χ1v) is 5.46. The summed E-state index contributed by atoms with van der Waals surface area (Å²) in [6.07, 6.45) is 1.28. The van der Waals surface area contributed by atoms with Crippen LogP contribution in [-0.4, -0.2) is 23.1 Å². The molecule has 0 aliphatic rings. The fourth-order valence-electron chi connectivity index (χ4n) is 0.750. The maximum atomic E-state index is 11.3. The molecular formula is C6H13O3P. The summed E-state index contributed by atoms with van der Waals surface area (Å²) >= 11 is 0. The highest BCUT2D eigenvalue weighted by atomic mass is 31.2. The molecule has 0 saturated heterocycles. The number of carboxylic acid groups (broad SMARTS) is 1. The quantitative estimate of drug-likeness (QED) is 0.649. The van der Waals surface area contributed by atoms with Crippen molar-refractivity contribution in [1.29, 1.82) is 0 Å². The van der Waals surface area contributed by atoms with Gasteiger partial charge in [0.2, 0.25) is 0 Å². The zero-order chi connectivity index (χ0) is 8.20. The van der Waals surface area contributed by atoms with Crippen LogP contribution in [0.2, 0.25) is 0 Å². The van der Waals surface area contributed by atoms with Crippen LogP contribution in [0.4, 0.5) is 4.79 Å². The van der Waals surface area contributed by atoms with Crippen LogP contribution in [-0.2, 0) is 4.57 Å². The van der Waals surface area contributed by atoms with E-state index in [4.69, 9.17) is 5.11 Å². The van der Waals surface area contributed by atoms with E-state index < -0.39 is 12.9 Å². The van der Waals surface area contributed by atoms with Gasteiger partial charge in [-0.1, -0.05) is 13.8 Å². The molecule has 1 N–H and O–H groups in total. The average Bonchev–Trinajstić information content (AvgIpc) is 1.88. The second-order valence-electron chi connectivity index (χ2n) is 2.21. The number of hydrogen-bond donors (Lipinski definition) is 1. The van der Waals surface area contributed by atoms with Crippen molar-refractivity contribution in [1.82, 2.24) is 0 Å². The second kappa shape index (κ2) is 3.77. The Hall–Kier alpha value is -0.300.